The van der Waals surface area contributed by atoms with Crippen LogP contribution in [0.15, 0.2) is 0 Å². The Balaban J connectivity index is 3.33. The van der Waals surface area contributed by atoms with E-state index < -0.39 is 0 Å². The molecule has 2 nitrogen and oxygen atoms in total. The second kappa shape index (κ2) is 6.44. The van der Waals surface area contributed by atoms with Crippen molar-refractivity contribution in [3.63, 3.8) is 0 Å². The van der Waals surface area contributed by atoms with Crippen LogP contribution in [0.25, 0.3) is 0 Å². The van der Waals surface area contributed by atoms with E-state index >= 15 is 0 Å². The van der Waals surface area contributed by atoms with Crippen LogP contribution < -0.4 is 5.32 Å². The number of likely N-dealkylation sites (N-methyl/N-ethyl adjacent to an activating group) is 1. The Bertz CT molecular complexity index is 102. The molecule has 0 saturated heterocycles. The maximum Gasteiger partial charge on any atom is 0.0750 e. The number of hydrogen-bond donors (Lipinski definition) is 1. The molecule has 0 fully saturated rings. The van der Waals surface area contributed by atoms with Gasteiger partial charge >= 0.3 is 0 Å². The van der Waals surface area contributed by atoms with Crippen molar-refractivity contribution >= 4 is 0 Å². The standard InChI is InChI=1S/C10H23NO/c1-5-6-7-8-12-10(2,3)9-11-4/h11H,5-9H2,1-4H3. The van der Waals surface area contributed by atoms with E-state index in [1.54, 1.807) is 0 Å². The molecule has 0 unspecified atom stereocenters. The van der Waals surface area contributed by atoms with Crippen LogP contribution in [-0.2, 0) is 4.74 Å². The smallest absolute Gasteiger partial charge is 0.0750 e. The van der Waals surface area contributed by atoms with Gasteiger partial charge in [-0.1, -0.05) is 19.8 Å². The molecule has 74 valence electrons. The molecule has 0 amide bonds. The lowest BCUT2D eigenvalue weighted by Gasteiger charge is -2.24. The molecule has 0 atom stereocenters. The van der Waals surface area contributed by atoms with Gasteiger partial charge in [0.2, 0.25) is 0 Å². The molecule has 0 aromatic carbocycles. The molecule has 0 heterocycles. The van der Waals surface area contributed by atoms with Gasteiger partial charge in [-0.2, -0.15) is 0 Å². The van der Waals surface area contributed by atoms with E-state index in [1.807, 2.05) is 7.05 Å². The third-order valence-corrected chi connectivity index (χ3v) is 1.84. The first-order chi connectivity index (χ1) is 5.62. The van der Waals surface area contributed by atoms with Crippen molar-refractivity contribution in [2.24, 2.45) is 0 Å². The monoisotopic (exact) mass is 173 g/mol. The maximum absolute atomic E-state index is 5.71. The summed E-state index contributed by atoms with van der Waals surface area (Å²) in [6, 6.07) is 0. The summed E-state index contributed by atoms with van der Waals surface area (Å²) in [7, 11) is 1.96. The fourth-order valence-electron chi connectivity index (χ4n) is 1.18. The molecule has 0 saturated carbocycles. The van der Waals surface area contributed by atoms with Gasteiger partial charge in [-0.05, 0) is 27.3 Å². The maximum atomic E-state index is 5.71. The summed E-state index contributed by atoms with van der Waals surface area (Å²) >= 11 is 0. The predicted molar refractivity (Wildman–Crippen MR) is 53.5 cm³/mol. The Morgan fingerprint density at radius 1 is 1.25 bits per heavy atom. The number of ether oxygens (including phenoxy) is 1. The van der Waals surface area contributed by atoms with Crippen LogP contribution in [-0.4, -0.2) is 25.8 Å². The van der Waals surface area contributed by atoms with E-state index in [0.29, 0.717) is 0 Å². The molecule has 0 rings (SSSR count). The first kappa shape index (κ1) is 11.9. The van der Waals surface area contributed by atoms with Crippen molar-refractivity contribution in [1.82, 2.24) is 5.32 Å². The van der Waals surface area contributed by atoms with E-state index in [9.17, 15) is 0 Å². The quantitative estimate of drug-likeness (QED) is 0.596. The summed E-state index contributed by atoms with van der Waals surface area (Å²) in [5.74, 6) is 0. The van der Waals surface area contributed by atoms with Gasteiger partial charge in [0.1, 0.15) is 0 Å². The third kappa shape index (κ3) is 6.62. The highest BCUT2D eigenvalue weighted by Crippen LogP contribution is 2.08. The molecular weight excluding hydrogens is 150 g/mol. The molecule has 0 aromatic rings. The van der Waals surface area contributed by atoms with Gasteiger partial charge in [-0.15, -0.1) is 0 Å². The fourth-order valence-corrected chi connectivity index (χ4v) is 1.18. The van der Waals surface area contributed by atoms with Gasteiger partial charge in [0.25, 0.3) is 0 Å². The van der Waals surface area contributed by atoms with Crippen LogP contribution in [0.4, 0.5) is 0 Å². The molecule has 0 bridgehead atoms. The van der Waals surface area contributed by atoms with Crippen molar-refractivity contribution in [3.8, 4) is 0 Å². The number of nitrogens with one attached hydrogen (secondary N) is 1. The Morgan fingerprint density at radius 3 is 2.42 bits per heavy atom. The van der Waals surface area contributed by atoms with Gasteiger partial charge in [0.05, 0.1) is 5.60 Å². The Hall–Kier alpha value is -0.0800. The largest absolute Gasteiger partial charge is 0.374 e. The van der Waals surface area contributed by atoms with Crippen molar-refractivity contribution in [1.29, 1.82) is 0 Å². The van der Waals surface area contributed by atoms with E-state index in [0.717, 1.165) is 13.2 Å². The zero-order valence-electron chi connectivity index (χ0n) is 8.94. The lowest BCUT2D eigenvalue weighted by molar-refractivity contribution is -0.0167. The topological polar surface area (TPSA) is 21.3 Å². The minimum atomic E-state index is -0.0114. The SMILES string of the molecule is CCCCCOC(C)(C)CNC. The van der Waals surface area contributed by atoms with E-state index in [1.165, 1.54) is 19.3 Å². The third-order valence-electron chi connectivity index (χ3n) is 1.84. The molecular formula is C10H23NO. The highest BCUT2D eigenvalue weighted by Gasteiger charge is 2.15. The summed E-state index contributed by atoms with van der Waals surface area (Å²) in [6.45, 7) is 8.26. The van der Waals surface area contributed by atoms with Crippen LogP contribution in [0.5, 0.6) is 0 Å². The van der Waals surface area contributed by atoms with Crippen LogP contribution in [0.3, 0.4) is 0 Å². The van der Waals surface area contributed by atoms with E-state index in [-0.39, 0.29) is 5.60 Å². The Labute approximate surface area is 76.7 Å². The second-order valence-electron chi connectivity index (χ2n) is 3.85. The van der Waals surface area contributed by atoms with Crippen molar-refractivity contribution in [2.45, 2.75) is 45.6 Å². The summed E-state index contributed by atoms with van der Waals surface area (Å²) in [5, 5.41) is 3.12. The van der Waals surface area contributed by atoms with E-state index in [2.05, 4.69) is 26.1 Å². The summed E-state index contributed by atoms with van der Waals surface area (Å²) in [6.07, 6.45) is 3.72. The zero-order valence-corrected chi connectivity index (χ0v) is 8.94. The molecule has 1 N–H and O–H groups in total. The minimum Gasteiger partial charge on any atom is -0.374 e. The van der Waals surface area contributed by atoms with E-state index in [4.69, 9.17) is 4.74 Å². The van der Waals surface area contributed by atoms with Crippen LogP contribution >= 0.6 is 0 Å². The first-order valence-corrected chi connectivity index (χ1v) is 4.91. The molecule has 12 heavy (non-hydrogen) atoms. The van der Waals surface area contributed by atoms with Gasteiger partial charge in [-0.25, -0.2) is 0 Å². The normalized spacial score (nSPS) is 12.0. The lowest BCUT2D eigenvalue weighted by atomic mass is 10.1. The molecule has 0 spiro atoms. The molecule has 0 radical (unpaired) electrons. The van der Waals surface area contributed by atoms with Crippen LogP contribution in [0.1, 0.15) is 40.0 Å². The Kier molecular flexibility index (Phi) is 6.39. The summed E-state index contributed by atoms with van der Waals surface area (Å²) in [5.41, 5.74) is -0.0114. The van der Waals surface area contributed by atoms with Crippen molar-refractivity contribution < 1.29 is 4.74 Å². The molecule has 0 aromatic heterocycles. The number of unbranched alkanes of at least 4 members (excludes halogenated alkanes) is 2. The number of hydrogen-bond acceptors (Lipinski definition) is 2. The molecule has 0 aliphatic carbocycles. The fraction of sp³-hybridized carbons (Fsp3) is 1.00. The average molecular weight is 173 g/mol. The summed E-state index contributed by atoms with van der Waals surface area (Å²) < 4.78 is 5.71. The summed E-state index contributed by atoms with van der Waals surface area (Å²) in [4.78, 5) is 0. The van der Waals surface area contributed by atoms with Gasteiger partial charge in [0.15, 0.2) is 0 Å². The van der Waals surface area contributed by atoms with Gasteiger partial charge in [0, 0.05) is 13.2 Å². The zero-order chi connectivity index (χ0) is 9.45. The average Bonchev–Trinajstić information content (AvgIpc) is 1.98. The molecule has 0 aliphatic rings. The Morgan fingerprint density at radius 2 is 1.92 bits per heavy atom. The first-order valence-electron chi connectivity index (χ1n) is 4.91. The van der Waals surface area contributed by atoms with Crippen LogP contribution in [0.2, 0.25) is 0 Å². The highest BCUT2D eigenvalue weighted by molar-refractivity contribution is 4.70. The van der Waals surface area contributed by atoms with Crippen molar-refractivity contribution in [2.75, 3.05) is 20.2 Å². The predicted octanol–water partition coefficient (Wildman–Crippen LogP) is 2.19. The van der Waals surface area contributed by atoms with Crippen molar-refractivity contribution in [3.05, 3.63) is 0 Å². The van der Waals surface area contributed by atoms with Gasteiger partial charge in [-0.3, -0.25) is 0 Å². The van der Waals surface area contributed by atoms with Gasteiger partial charge < -0.3 is 10.1 Å². The lowest BCUT2D eigenvalue weighted by Crippen LogP contribution is -2.36. The second-order valence-corrected chi connectivity index (χ2v) is 3.85. The highest BCUT2D eigenvalue weighted by atomic mass is 16.5. The number of rotatable bonds is 7. The molecule has 0 aliphatic heterocycles. The minimum absolute atomic E-state index is 0.0114. The van der Waals surface area contributed by atoms with Crippen LogP contribution in [0, 0.1) is 0 Å². The molecule has 2 heteroatoms.